The predicted octanol–water partition coefficient (Wildman–Crippen LogP) is 2.93. The van der Waals surface area contributed by atoms with E-state index in [0.29, 0.717) is 6.04 Å². The van der Waals surface area contributed by atoms with Crippen molar-refractivity contribution >= 4 is 0 Å². The summed E-state index contributed by atoms with van der Waals surface area (Å²) in [6.07, 6.45) is 9.53. The summed E-state index contributed by atoms with van der Waals surface area (Å²) in [5.41, 5.74) is 1.46. The average Bonchev–Trinajstić information content (AvgIpc) is 2.32. The van der Waals surface area contributed by atoms with Crippen LogP contribution in [0, 0.1) is 0 Å². The Morgan fingerprint density at radius 3 is 2.80 bits per heavy atom. The third kappa shape index (κ3) is 3.52. The van der Waals surface area contributed by atoms with Crippen molar-refractivity contribution in [2.24, 2.45) is 0 Å². The molecule has 1 heteroatoms. The van der Waals surface area contributed by atoms with E-state index in [1.165, 1.54) is 31.2 Å². The second kappa shape index (κ2) is 5.72. The Bertz CT molecular complexity index is 302. The second-order valence-electron chi connectivity index (χ2n) is 4.16. The minimum absolute atomic E-state index is 0.613. The van der Waals surface area contributed by atoms with Gasteiger partial charge in [0.05, 0.1) is 0 Å². The van der Waals surface area contributed by atoms with Crippen LogP contribution >= 0.6 is 0 Å². The van der Waals surface area contributed by atoms with Crippen LogP contribution in [0.1, 0.15) is 24.8 Å². The van der Waals surface area contributed by atoms with Crippen molar-refractivity contribution in [1.82, 2.24) is 5.32 Å². The Morgan fingerprint density at radius 1 is 1.20 bits per heavy atom. The molecule has 1 heterocycles. The van der Waals surface area contributed by atoms with E-state index in [9.17, 15) is 0 Å². The first-order chi connectivity index (χ1) is 7.45. The zero-order chi connectivity index (χ0) is 10.3. The van der Waals surface area contributed by atoms with E-state index in [0.717, 1.165) is 6.54 Å². The summed E-state index contributed by atoms with van der Waals surface area (Å²) < 4.78 is 0. The smallest absolute Gasteiger partial charge is 0.0250 e. The molecule has 0 aromatic heterocycles. The van der Waals surface area contributed by atoms with Crippen molar-refractivity contribution in [3.05, 3.63) is 48.0 Å². The zero-order valence-electron chi connectivity index (χ0n) is 9.15. The molecular weight excluding hydrogens is 182 g/mol. The van der Waals surface area contributed by atoms with E-state index in [2.05, 4.69) is 47.8 Å². The molecule has 0 radical (unpaired) electrons. The van der Waals surface area contributed by atoms with Crippen LogP contribution in [0.25, 0.3) is 0 Å². The normalized spacial score (nSPS) is 20.4. The SMILES string of the molecule is C1=CC(CCCc2ccccc2)NCC1. The number of nitrogens with one attached hydrogen (secondary N) is 1. The molecule has 1 N–H and O–H groups in total. The van der Waals surface area contributed by atoms with Crippen molar-refractivity contribution < 1.29 is 0 Å². The molecule has 0 bridgehead atoms. The minimum atomic E-state index is 0.613. The Labute approximate surface area is 92.2 Å². The molecule has 0 fully saturated rings. The Kier molecular flexibility index (Phi) is 3.98. The Hall–Kier alpha value is -1.08. The van der Waals surface area contributed by atoms with Crippen molar-refractivity contribution in [1.29, 1.82) is 0 Å². The van der Waals surface area contributed by atoms with E-state index < -0.39 is 0 Å². The van der Waals surface area contributed by atoms with Gasteiger partial charge in [-0.3, -0.25) is 0 Å². The van der Waals surface area contributed by atoms with Gasteiger partial charge in [-0.25, -0.2) is 0 Å². The zero-order valence-corrected chi connectivity index (χ0v) is 9.15. The monoisotopic (exact) mass is 201 g/mol. The van der Waals surface area contributed by atoms with Crippen molar-refractivity contribution in [3.8, 4) is 0 Å². The summed E-state index contributed by atoms with van der Waals surface area (Å²) in [5, 5.41) is 3.52. The van der Waals surface area contributed by atoms with Gasteiger partial charge in [-0.05, 0) is 37.8 Å². The average molecular weight is 201 g/mol. The molecule has 0 amide bonds. The van der Waals surface area contributed by atoms with E-state index in [4.69, 9.17) is 0 Å². The fourth-order valence-electron chi connectivity index (χ4n) is 2.05. The van der Waals surface area contributed by atoms with Crippen molar-refractivity contribution in [2.45, 2.75) is 31.7 Å². The Balaban J connectivity index is 1.70. The summed E-state index contributed by atoms with van der Waals surface area (Å²) in [5.74, 6) is 0. The summed E-state index contributed by atoms with van der Waals surface area (Å²) in [6, 6.07) is 11.4. The van der Waals surface area contributed by atoms with Gasteiger partial charge in [0.15, 0.2) is 0 Å². The van der Waals surface area contributed by atoms with Gasteiger partial charge in [-0.1, -0.05) is 42.5 Å². The lowest BCUT2D eigenvalue weighted by Gasteiger charge is -2.18. The second-order valence-corrected chi connectivity index (χ2v) is 4.16. The van der Waals surface area contributed by atoms with Crippen LogP contribution in [0.4, 0.5) is 0 Å². The lowest BCUT2D eigenvalue weighted by Crippen LogP contribution is -2.30. The van der Waals surface area contributed by atoms with Crippen LogP contribution in [-0.2, 0) is 6.42 Å². The highest BCUT2D eigenvalue weighted by Gasteiger charge is 2.06. The van der Waals surface area contributed by atoms with E-state index >= 15 is 0 Å². The third-order valence-electron chi connectivity index (χ3n) is 2.91. The first kappa shape index (κ1) is 10.4. The maximum Gasteiger partial charge on any atom is 0.0250 e. The van der Waals surface area contributed by atoms with Crippen molar-refractivity contribution in [3.63, 3.8) is 0 Å². The number of hydrogen-bond donors (Lipinski definition) is 1. The molecule has 80 valence electrons. The fourth-order valence-corrected chi connectivity index (χ4v) is 2.05. The maximum atomic E-state index is 3.52. The van der Waals surface area contributed by atoms with Gasteiger partial charge in [0.25, 0.3) is 0 Å². The molecule has 1 aliphatic rings. The predicted molar refractivity (Wildman–Crippen MR) is 64.9 cm³/mol. The molecule has 0 saturated carbocycles. The molecule has 1 aliphatic heterocycles. The molecule has 0 aliphatic carbocycles. The highest BCUT2D eigenvalue weighted by Crippen LogP contribution is 2.09. The summed E-state index contributed by atoms with van der Waals surface area (Å²) in [7, 11) is 0. The van der Waals surface area contributed by atoms with Gasteiger partial charge in [0.2, 0.25) is 0 Å². The quantitative estimate of drug-likeness (QED) is 0.739. The first-order valence-electron chi connectivity index (χ1n) is 5.89. The third-order valence-corrected chi connectivity index (χ3v) is 2.91. The summed E-state index contributed by atoms with van der Waals surface area (Å²) in [6.45, 7) is 1.15. The molecule has 1 aromatic rings. The fraction of sp³-hybridized carbons (Fsp3) is 0.429. The largest absolute Gasteiger partial charge is 0.310 e. The summed E-state index contributed by atoms with van der Waals surface area (Å²) >= 11 is 0. The molecule has 15 heavy (non-hydrogen) atoms. The number of rotatable bonds is 4. The summed E-state index contributed by atoms with van der Waals surface area (Å²) in [4.78, 5) is 0. The lowest BCUT2D eigenvalue weighted by molar-refractivity contribution is 0.525. The van der Waals surface area contributed by atoms with E-state index in [-0.39, 0.29) is 0 Å². The van der Waals surface area contributed by atoms with Crippen LogP contribution in [0.5, 0.6) is 0 Å². The Morgan fingerprint density at radius 2 is 2.07 bits per heavy atom. The molecular formula is C14H19N. The standard InChI is InChI=1S/C14H19N/c1-2-7-13(8-3-1)9-6-11-14-10-4-5-12-15-14/h1-4,7-8,10,14-15H,5-6,9,11-12H2. The first-order valence-corrected chi connectivity index (χ1v) is 5.89. The number of aryl methyl sites for hydroxylation is 1. The van der Waals surface area contributed by atoms with E-state index in [1.54, 1.807) is 0 Å². The van der Waals surface area contributed by atoms with Crippen LogP contribution < -0.4 is 5.32 Å². The van der Waals surface area contributed by atoms with Gasteiger partial charge >= 0.3 is 0 Å². The van der Waals surface area contributed by atoms with Crippen molar-refractivity contribution in [2.75, 3.05) is 6.54 Å². The van der Waals surface area contributed by atoms with Gasteiger partial charge < -0.3 is 5.32 Å². The number of benzene rings is 1. The maximum absolute atomic E-state index is 3.52. The molecule has 2 rings (SSSR count). The highest BCUT2D eigenvalue weighted by molar-refractivity contribution is 5.14. The van der Waals surface area contributed by atoms with Crippen LogP contribution in [0.3, 0.4) is 0 Å². The minimum Gasteiger partial charge on any atom is -0.310 e. The molecule has 0 spiro atoms. The lowest BCUT2D eigenvalue weighted by atomic mass is 10.0. The van der Waals surface area contributed by atoms with E-state index in [1.807, 2.05) is 0 Å². The molecule has 0 saturated heterocycles. The van der Waals surface area contributed by atoms with Crippen LogP contribution in [-0.4, -0.2) is 12.6 Å². The molecule has 1 aromatic carbocycles. The van der Waals surface area contributed by atoms with Gasteiger partial charge in [-0.2, -0.15) is 0 Å². The molecule has 1 atom stereocenters. The topological polar surface area (TPSA) is 12.0 Å². The van der Waals surface area contributed by atoms with Crippen LogP contribution in [0.15, 0.2) is 42.5 Å². The molecule has 1 nitrogen and oxygen atoms in total. The van der Waals surface area contributed by atoms with Gasteiger partial charge in [0.1, 0.15) is 0 Å². The molecule has 1 unspecified atom stereocenters. The van der Waals surface area contributed by atoms with Crippen LogP contribution in [0.2, 0.25) is 0 Å². The number of hydrogen-bond acceptors (Lipinski definition) is 1. The highest BCUT2D eigenvalue weighted by atomic mass is 14.9. The van der Waals surface area contributed by atoms with Gasteiger partial charge in [0, 0.05) is 6.04 Å². The van der Waals surface area contributed by atoms with Gasteiger partial charge in [-0.15, -0.1) is 0 Å².